The Labute approximate surface area is 163 Å². The second kappa shape index (κ2) is 10.2. The quantitative estimate of drug-likeness (QED) is 0.532. The van der Waals surface area contributed by atoms with Gasteiger partial charge in [-0.15, -0.1) is 24.8 Å². The molecule has 2 rings (SSSR count). The Morgan fingerprint density at radius 2 is 1.08 bits per heavy atom. The monoisotopic (exact) mass is 408 g/mol. The highest BCUT2D eigenvalue weighted by Gasteiger charge is 2.09. The van der Waals surface area contributed by atoms with Gasteiger partial charge in [0.2, 0.25) is 0 Å². The third kappa shape index (κ3) is 5.34. The molecule has 0 saturated heterocycles. The Bertz CT molecular complexity index is 641. The van der Waals surface area contributed by atoms with Gasteiger partial charge in [-0.2, -0.15) is 0 Å². The molecule has 2 N–H and O–H groups in total. The van der Waals surface area contributed by atoms with Crippen molar-refractivity contribution in [1.29, 1.82) is 0 Å². The van der Waals surface area contributed by atoms with Gasteiger partial charge in [0.1, 0.15) is 11.5 Å². The molecule has 2 aromatic heterocycles. The lowest BCUT2D eigenvalue weighted by atomic mass is 10.1. The molecule has 4 nitrogen and oxygen atoms in total. The second-order valence-corrected chi connectivity index (χ2v) is 7.67. The third-order valence-corrected chi connectivity index (χ3v) is 5.93. The number of aromatic hydroxyl groups is 2. The van der Waals surface area contributed by atoms with Crippen molar-refractivity contribution in [2.45, 2.75) is 39.2 Å². The predicted molar refractivity (Wildman–Crippen MR) is 108 cm³/mol. The summed E-state index contributed by atoms with van der Waals surface area (Å²) < 4.78 is 0. The van der Waals surface area contributed by atoms with Crippen molar-refractivity contribution in [2.75, 3.05) is 0 Å². The van der Waals surface area contributed by atoms with Crippen molar-refractivity contribution in [3.63, 3.8) is 0 Å². The van der Waals surface area contributed by atoms with E-state index in [2.05, 4.69) is 9.97 Å². The molecule has 2 aromatic rings. The molecule has 8 heteroatoms. The Morgan fingerprint density at radius 3 is 1.42 bits per heavy atom. The molecule has 0 spiro atoms. The number of pyridine rings is 2. The average molecular weight is 409 g/mol. The first-order valence-electron chi connectivity index (χ1n) is 6.94. The zero-order valence-corrected chi connectivity index (χ0v) is 17.3. The number of aryl methyl sites for hydroxylation is 2. The van der Waals surface area contributed by atoms with Crippen molar-refractivity contribution in [3.8, 4) is 11.5 Å². The molecule has 0 aliphatic carbocycles. The van der Waals surface area contributed by atoms with Gasteiger partial charge in [0.05, 0.1) is 11.4 Å². The summed E-state index contributed by atoms with van der Waals surface area (Å²) in [5.74, 6) is 2.13. The maximum atomic E-state index is 9.90. The minimum atomic E-state index is 0. The first-order valence-corrected chi connectivity index (χ1v) is 9.43. The van der Waals surface area contributed by atoms with Gasteiger partial charge >= 0.3 is 0 Å². The highest BCUT2D eigenvalue weighted by atomic mass is 35.5. The van der Waals surface area contributed by atoms with E-state index in [4.69, 9.17) is 0 Å². The standard InChI is InChI=1S/C16H20N2O2S2.2ClH/c1-9-13(5-17-11(3)15(9)19)7-21-22-8-14-6-18-12(4)16(20)10(14)2;;/h5-6,19-20H,7-8H2,1-4H3;2*1H. The first-order chi connectivity index (χ1) is 10.4. The number of halogens is 2. The molecule has 134 valence electrons. The summed E-state index contributed by atoms with van der Waals surface area (Å²) in [6.07, 6.45) is 3.64. The largest absolute Gasteiger partial charge is 0.506 e. The fraction of sp³-hybridized carbons (Fsp3) is 0.375. The molecule has 0 fully saturated rings. The molecule has 2 heterocycles. The van der Waals surface area contributed by atoms with Crippen LogP contribution in [-0.4, -0.2) is 20.2 Å². The van der Waals surface area contributed by atoms with E-state index in [1.807, 2.05) is 26.2 Å². The highest BCUT2D eigenvalue weighted by Crippen LogP contribution is 2.34. The Hall–Kier alpha value is -0.820. The van der Waals surface area contributed by atoms with Gasteiger partial charge in [-0.3, -0.25) is 9.97 Å². The van der Waals surface area contributed by atoms with Crippen molar-refractivity contribution >= 4 is 46.4 Å². The molecule has 0 saturated carbocycles. The normalized spacial score (nSPS) is 10.0. The van der Waals surface area contributed by atoms with E-state index < -0.39 is 0 Å². The molecule has 0 bridgehead atoms. The minimum Gasteiger partial charge on any atom is -0.506 e. The SMILES string of the molecule is Cc1ncc(CSSCc2cnc(C)c(O)c2C)c(C)c1O.Cl.Cl. The summed E-state index contributed by atoms with van der Waals surface area (Å²) in [6, 6.07) is 0. The molecule has 0 unspecified atom stereocenters. The number of hydrogen-bond acceptors (Lipinski definition) is 6. The molecular formula is C16H22Cl2N2O2S2. The number of hydrogen-bond donors (Lipinski definition) is 2. The van der Waals surface area contributed by atoms with Crippen LogP contribution in [0, 0.1) is 27.7 Å². The van der Waals surface area contributed by atoms with Crippen LogP contribution in [0.1, 0.15) is 33.6 Å². The van der Waals surface area contributed by atoms with E-state index >= 15 is 0 Å². The predicted octanol–water partition coefficient (Wildman–Crippen LogP) is 5.05. The summed E-state index contributed by atoms with van der Waals surface area (Å²) in [5.41, 5.74) is 5.20. The molecule has 0 aliphatic heterocycles. The van der Waals surface area contributed by atoms with Crippen LogP contribution in [0.25, 0.3) is 0 Å². The van der Waals surface area contributed by atoms with Crippen LogP contribution < -0.4 is 0 Å². The van der Waals surface area contributed by atoms with Crippen LogP contribution in [0.4, 0.5) is 0 Å². The van der Waals surface area contributed by atoms with Gasteiger partial charge in [-0.05, 0) is 49.9 Å². The van der Waals surface area contributed by atoms with E-state index in [9.17, 15) is 10.2 Å². The highest BCUT2D eigenvalue weighted by molar-refractivity contribution is 8.76. The summed E-state index contributed by atoms with van der Waals surface area (Å²) in [4.78, 5) is 8.39. The summed E-state index contributed by atoms with van der Waals surface area (Å²) in [6.45, 7) is 7.43. The van der Waals surface area contributed by atoms with Gasteiger partial charge in [0, 0.05) is 23.9 Å². The molecular weight excluding hydrogens is 387 g/mol. The Morgan fingerprint density at radius 1 is 0.750 bits per heavy atom. The van der Waals surface area contributed by atoms with E-state index in [1.165, 1.54) is 0 Å². The lowest BCUT2D eigenvalue weighted by molar-refractivity contribution is 0.462. The lowest BCUT2D eigenvalue weighted by Crippen LogP contribution is -1.93. The van der Waals surface area contributed by atoms with Crippen molar-refractivity contribution in [3.05, 3.63) is 46.0 Å². The zero-order chi connectivity index (χ0) is 16.3. The average Bonchev–Trinajstić information content (AvgIpc) is 2.50. The summed E-state index contributed by atoms with van der Waals surface area (Å²) >= 11 is 0. The van der Waals surface area contributed by atoms with Gasteiger partial charge < -0.3 is 10.2 Å². The van der Waals surface area contributed by atoms with Gasteiger partial charge in [0.15, 0.2) is 0 Å². The topological polar surface area (TPSA) is 66.2 Å². The Kier molecular flexibility index (Phi) is 9.88. The Balaban J connectivity index is 0.00000264. The van der Waals surface area contributed by atoms with Crippen LogP contribution in [0.2, 0.25) is 0 Å². The van der Waals surface area contributed by atoms with Crippen molar-refractivity contribution in [1.82, 2.24) is 9.97 Å². The van der Waals surface area contributed by atoms with Gasteiger partial charge in [-0.1, -0.05) is 21.6 Å². The van der Waals surface area contributed by atoms with E-state index in [0.717, 1.165) is 33.8 Å². The van der Waals surface area contributed by atoms with Crippen molar-refractivity contribution in [2.24, 2.45) is 0 Å². The van der Waals surface area contributed by atoms with E-state index in [1.54, 1.807) is 35.4 Å². The number of rotatable bonds is 5. The van der Waals surface area contributed by atoms with Gasteiger partial charge in [0.25, 0.3) is 0 Å². The fourth-order valence-electron chi connectivity index (χ4n) is 2.01. The molecule has 0 atom stereocenters. The van der Waals surface area contributed by atoms with Gasteiger partial charge in [-0.25, -0.2) is 0 Å². The lowest BCUT2D eigenvalue weighted by Gasteiger charge is -2.10. The molecule has 0 aliphatic rings. The maximum absolute atomic E-state index is 9.90. The van der Waals surface area contributed by atoms with Crippen molar-refractivity contribution < 1.29 is 10.2 Å². The first kappa shape index (κ1) is 23.2. The van der Waals surface area contributed by atoms with Crippen LogP contribution in [0.15, 0.2) is 12.4 Å². The number of nitrogens with zero attached hydrogens (tertiary/aromatic N) is 2. The molecule has 0 radical (unpaired) electrons. The third-order valence-electron chi connectivity index (χ3n) is 3.70. The minimum absolute atomic E-state index is 0. The number of aromatic nitrogens is 2. The van der Waals surface area contributed by atoms with E-state index in [-0.39, 0.29) is 36.3 Å². The summed E-state index contributed by atoms with van der Waals surface area (Å²) in [7, 11) is 3.41. The maximum Gasteiger partial charge on any atom is 0.139 e. The van der Waals surface area contributed by atoms with Crippen LogP contribution >= 0.6 is 46.4 Å². The molecule has 24 heavy (non-hydrogen) atoms. The van der Waals surface area contributed by atoms with Crippen LogP contribution in [-0.2, 0) is 11.5 Å². The summed E-state index contributed by atoms with van der Waals surface area (Å²) in [5, 5.41) is 19.8. The smallest absolute Gasteiger partial charge is 0.139 e. The molecule has 0 amide bonds. The second-order valence-electron chi connectivity index (χ2n) is 5.21. The molecule has 0 aromatic carbocycles. The van der Waals surface area contributed by atoms with Crippen LogP contribution in [0.3, 0.4) is 0 Å². The van der Waals surface area contributed by atoms with Crippen LogP contribution in [0.5, 0.6) is 11.5 Å². The zero-order valence-electron chi connectivity index (χ0n) is 14.0. The fourth-order valence-corrected chi connectivity index (χ4v) is 4.28. The van der Waals surface area contributed by atoms with E-state index in [0.29, 0.717) is 11.4 Å².